The van der Waals surface area contributed by atoms with Gasteiger partial charge in [0.15, 0.2) is 53.0 Å². The van der Waals surface area contributed by atoms with Gasteiger partial charge in [0.05, 0.1) is 41.7 Å². The molecule has 0 spiro atoms. The molecule has 0 bridgehead atoms. The number of carbonyl (C=O) groups excluding carboxylic acids is 3. The van der Waals surface area contributed by atoms with Crippen LogP contribution < -0.4 is 18.9 Å². The summed E-state index contributed by atoms with van der Waals surface area (Å²) in [6.45, 7) is -1.58. The fraction of sp³-hybridized carbons (Fsp3) is 0.372. The van der Waals surface area contributed by atoms with Crippen LogP contribution >= 0.6 is 0 Å². The molecule has 0 amide bonds. The predicted molar refractivity (Wildman–Crippen MR) is 218 cm³/mol. The lowest BCUT2D eigenvalue weighted by atomic mass is 9.98. The molecule has 5 rings (SSSR count). The first-order valence-electron chi connectivity index (χ1n) is 19.2. The van der Waals surface area contributed by atoms with Crippen molar-refractivity contribution in [2.75, 3.05) is 41.7 Å². The number of benzene rings is 3. The molecule has 2 heterocycles. The van der Waals surface area contributed by atoms with E-state index in [2.05, 4.69) is 0 Å². The van der Waals surface area contributed by atoms with Crippen molar-refractivity contribution in [3.05, 3.63) is 83.4 Å². The monoisotopic (exact) mass is 900 g/mol. The van der Waals surface area contributed by atoms with Crippen molar-refractivity contribution < 1.29 is 103 Å². The minimum Gasteiger partial charge on any atom is -0.504 e. The number of hydrogen-bond acceptors (Lipinski definition) is 21. The Labute approximate surface area is 365 Å². The quantitative estimate of drug-likeness (QED) is 0.0521. The van der Waals surface area contributed by atoms with Crippen molar-refractivity contribution in [2.45, 2.75) is 61.4 Å². The number of carbonyl (C=O) groups is 3. The second kappa shape index (κ2) is 22.3. The fourth-order valence-electron chi connectivity index (χ4n) is 6.37. The van der Waals surface area contributed by atoms with Gasteiger partial charge in [-0.25, -0.2) is 14.4 Å². The molecule has 0 aliphatic carbocycles. The molecule has 8 N–H and O–H groups in total. The first-order chi connectivity index (χ1) is 30.6. The summed E-state index contributed by atoms with van der Waals surface area (Å²) in [6, 6.07) is 11.2. The van der Waals surface area contributed by atoms with Crippen molar-refractivity contribution in [3.8, 4) is 40.2 Å². The second-order valence-electron chi connectivity index (χ2n) is 13.9. The number of hydrogen-bond donors (Lipinski definition) is 8. The van der Waals surface area contributed by atoms with Gasteiger partial charge in [-0.05, 0) is 71.3 Å². The SMILES string of the molecule is COc1cc(/C=C/C(=O)O[C@H]2[C@H](OC[C@H]3O[C@H](OC(=O)/C=C/c4cc(OC)c(O)c(OC)c4)[C@H](OC(=O)/C=C/c4ccc(O)c(OC)c4)[C@@H](O)[C@@H]3O)O[C@H](CO)[C@@H](O)[C@@H]2O)ccc1O. The first-order valence-corrected chi connectivity index (χ1v) is 19.2. The molecule has 2 fully saturated rings. The van der Waals surface area contributed by atoms with Crippen molar-refractivity contribution in [1.29, 1.82) is 0 Å². The molecule has 0 saturated carbocycles. The number of aromatic hydroxyl groups is 3. The molecule has 346 valence electrons. The van der Waals surface area contributed by atoms with Crippen LogP contribution in [0.4, 0.5) is 0 Å². The summed E-state index contributed by atoms with van der Waals surface area (Å²) in [5.74, 6) is -3.60. The van der Waals surface area contributed by atoms with Gasteiger partial charge in [-0.2, -0.15) is 0 Å². The lowest BCUT2D eigenvalue weighted by Crippen LogP contribution is -2.63. The lowest BCUT2D eigenvalue weighted by molar-refractivity contribution is -0.328. The summed E-state index contributed by atoms with van der Waals surface area (Å²) < 4.78 is 53.9. The molecule has 0 radical (unpaired) electrons. The Morgan fingerprint density at radius 3 is 1.42 bits per heavy atom. The van der Waals surface area contributed by atoms with Gasteiger partial charge in [-0.15, -0.1) is 0 Å². The molecule has 2 aliphatic rings. The Morgan fingerprint density at radius 1 is 0.547 bits per heavy atom. The summed E-state index contributed by atoms with van der Waals surface area (Å²) in [5, 5.41) is 83.9. The van der Waals surface area contributed by atoms with Gasteiger partial charge in [0.2, 0.25) is 12.0 Å². The lowest BCUT2D eigenvalue weighted by Gasteiger charge is -2.43. The molecule has 3 aromatic rings. The highest BCUT2D eigenvalue weighted by atomic mass is 16.8. The van der Waals surface area contributed by atoms with Crippen LogP contribution in [-0.2, 0) is 42.8 Å². The number of aliphatic hydroxyl groups is 5. The van der Waals surface area contributed by atoms with Crippen LogP contribution in [0.1, 0.15) is 16.7 Å². The molecule has 0 aromatic heterocycles. The molecule has 2 saturated heterocycles. The van der Waals surface area contributed by atoms with Crippen molar-refractivity contribution in [2.24, 2.45) is 0 Å². The van der Waals surface area contributed by atoms with Crippen LogP contribution in [0.5, 0.6) is 40.2 Å². The van der Waals surface area contributed by atoms with Crippen molar-refractivity contribution in [3.63, 3.8) is 0 Å². The van der Waals surface area contributed by atoms with Crippen LogP contribution in [0.15, 0.2) is 66.8 Å². The molecule has 3 aromatic carbocycles. The minimum absolute atomic E-state index is 0.0200. The molecule has 0 unspecified atom stereocenters. The predicted octanol–water partition coefficient (Wildman–Crippen LogP) is 0.547. The zero-order chi connectivity index (χ0) is 46.7. The summed E-state index contributed by atoms with van der Waals surface area (Å²) in [5.41, 5.74) is 1.11. The van der Waals surface area contributed by atoms with E-state index in [4.69, 9.17) is 47.4 Å². The zero-order valence-corrected chi connectivity index (χ0v) is 34.7. The van der Waals surface area contributed by atoms with Crippen molar-refractivity contribution >= 4 is 36.1 Å². The molecular formula is C43H48O21. The standard InChI is InChI=1S/C43H48O21/c1-55-26-15-21(5-10-24(26)45)7-12-32(47)62-40-38(53)36(51)30(19-44)60-42(40)59-20-31-37(52)39(54)41(63-33(48)13-8-22-6-11-25(46)27(16-22)56-2)43(61-31)64-34(49)14-9-23-17-28(57-3)35(50)29(18-23)58-4/h5-18,30-31,36-46,50-54H,19-20H2,1-4H3/b12-7+,13-8+,14-9+/t30-,31-,36-,37-,38+,39+,40-,41-,42-,43-/m1/s1. The highest BCUT2D eigenvalue weighted by Gasteiger charge is 2.51. The summed E-state index contributed by atoms with van der Waals surface area (Å²) in [7, 11) is 5.26. The number of ether oxygens (including phenoxy) is 10. The fourth-order valence-corrected chi connectivity index (χ4v) is 6.37. The van der Waals surface area contributed by atoms with Gasteiger partial charge in [-0.1, -0.05) is 12.1 Å². The van der Waals surface area contributed by atoms with E-state index in [9.17, 15) is 55.2 Å². The highest BCUT2D eigenvalue weighted by Crippen LogP contribution is 2.38. The van der Waals surface area contributed by atoms with Crippen LogP contribution in [-0.4, -0.2) is 162 Å². The van der Waals surface area contributed by atoms with Crippen LogP contribution in [0.2, 0.25) is 0 Å². The third-order valence-corrected chi connectivity index (χ3v) is 9.78. The first kappa shape index (κ1) is 48.6. The highest BCUT2D eigenvalue weighted by molar-refractivity contribution is 5.89. The molecule has 21 nitrogen and oxygen atoms in total. The van der Waals surface area contributed by atoms with E-state index < -0.39 is 92.5 Å². The molecule has 64 heavy (non-hydrogen) atoms. The number of aliphatic hydroxyl groups excluding tert-OH is 5. The second-order valence-corrected chi connectivity index (χ2v) is 13.9. The number of phenolic OH excluding ortho intramolecular Hbond substituents is 3. The number of phenols is 3. The Bertz CT molecular complexity index is 2160. The Kier molecular flexibility index (Phi) is 16.9. The topological polar surface area (TPSA) is 305 Å². The van der Waals surface area contributed by atoms with E-state index in [0.29, 0.717) is 16.7 Å². The smallest absolute Gasteiger partial charge is 0.333 e. The Morgan fingerprint density at radius 2 is 0.953 bits per heavy atom. The average Bonchev–Trinajstić information content (AvgIpc) is 3.29. The third-order valence-electron chi connectivity index (χ3n) is 9.78. The van der Waals surface area contributed by atoms with E-state index in [1.165, 1.54) is 95.2 Å². The minimum atomic E-state index is -2.02. The molecule has 21 heteroatoms. The Hall–Kier alpha value is -6.43. The normalized spacial score (nSPS) is 25.8. The van der Waals surface area contributed by atoms with Crippen LogP contribution in [0, 0.1) is 0 Å². The van der Waals surface area contributed by atoms with Gasteiger partial charge in [0, 0.05) is 18.2 Å². The van der Waals surface area contributed by atoms with E-state index >= 15 is 0 Å². The summed E-state index contributed by atoms with van der Waals surface area (Å²) in [6.07, 6.45) is -11.4. The van der Waals surface area contributed by atoms with Gasteiger partial charge >= 0.3 is 17.9 Å². The molecular weight excluding hydrogens is 852 g/mol. The average molecular weight is 901 g/mol. The zero-order valence-electron chi connectivity index (χ0n) is 34.7. The van der Waals surface area contributed by atoms with Gasteiger partial charge in [-0.3, -0.25) is 0 Å². The Balaban J connectivity index is 1.35. The van der Waals surface area contributed by atoms with E-state index in [1.54, 1.807) is 0 Å². The van der Waals surface area contributed by atoms with Crippen LogP contribution in [0.25, 0.3) is 18.2 Å². The maximum absolute atomic E-state index is 13.2. The summed E-state index contributed by atoms with van der Waals surface area (Å²) >= 11 is 0. The number of methoxy groups -OCH3 is 4. The summed E-state index contributed by atoms with van der Waals surface area (Å²) in [4.78, 5) is 39.2. The largest absolute Gasteiger partial charge is 0.504 e. The number of esters is 3. The van der Waals surface area contributed by atoms with E-state index in [-0.39, 0.29) is 40.2 Å². The molecule has 10 atom stereocenters. The molecule has 2 aliphatic heterocycles. The van der Waals surface area contributed by atoms with Crippen LogP contribution in [0.3, 0.4) is 0 Å². The third kappa shape index (κ3) is 12.0. The van der Waals surface area contributed by atoms with Gasteiger partial charge < -0.3 is 88.2 Å². The van der Waals surface area contributed by atoms with E-state index in [0.717, 1.165) is 18.2 Å². The van der Waals surface area contributed by atoms with Gasteiger partial charge in [0.1, 0.15) is 36.6 Å². The van der Waals surface area contributed by atoms with E-state index in [1.807, 2.05) is 0 Å². The van der Waals surface area contributed by atoms with Crippen molar-refractivity contribution in [1.82, 2.24) is 0 Å². The number of rotatable bonds is 17. The maximum atomic E-state index is 13.2. The van der Waals surface area contributed by atoms with Gasteiger partial charge in [0.25, 0.3) is 0 Å². The maximum Gasteiger partial charge on any atom is 0.333 e.